The summed E-state index contributed by atoms with van der Waals surface area (Å²) in [5, 5.41) is 22.1. The molecule has 0 aliphatic carbocycles. The first-order valence-electron chi connectivity index (χ1n) is 6.21. The molecule has 2 aromatic carbocycles. The van der Waals surface area contributed by atoms with E-state index in [1.807, 2.05) is 0 Å². The molecular formula is C15H13Cl2NO3. The van der Waals surface area contributed by atoms with E-state index in [4.69, 9.17) is 23.2 Å². The van der Waals surface area contributed by atoms with E-state index < -0.39 is 0 Å². The molecular weight excluding hydrogens is 313 g/mol. The topological polar surface area (TPSA) is 69.6 Å². The molecule has 0 heterocycles. The Hall–Kier alpha value is -1.91. The van der Waals surface area contributed by atoms with Gasteiger partial charge >= 0.3 is 0 Å². The fourth-order valence-electron chi connectivity index (χ4n) is 1.81. The van der Waals surface area contributed by atoms with Crippen LogP contribution in [0.2, 0.25) is 10.0 Å². The molecule has 0 bridgehead atoms. The van der Waals surface area contributed by atoms with Crippen LogP contribution in [-0.4, -0.2) is 22.7 Å². The standard InChI is InChI=1S/C15H13Cl2NO3/c16-10-2-3-12(17)11(8-10)15(21)18-6-5-9-1-4-13(19)14(20)7-9/h1-4,7-8,19-20H,5-6H2,(H,18,21). The number of amides is 1. The molecule has 0 saturated carbocycles. The van der Waals surface area contributed by atoms with Gasteiger partial charge in [-0.15, -0.1) is 0 Å². The third-order valence-corrected chi connectivity index (χ3v) is 3.48. The zero-order valence-corrected chi connectivity index (χ0v) is 12.4. The molecule has 4 nitrogen and oxygen atoms in total. The van der Waals surface area contributed by atoms with Crippen LogP contribution < -0.4 is 5.32 Å². The first kappa shape index (κ1) is 15.5. The molecule has 0 saturated heterocycles. The molecule has 6 heteroatoms. The van der Waals surface area contributed by atoms with E-state index in [0.717, 1.165) is 5.56 Å². The molecule has 3 N–H and O–H groups in total. The van der Waals surface area contributed by atoms with Gasteiger partial charge in [-0.2, -0.15) is 0 Å². The zero-order valence-electron chi connectivity index (χ0n) is 10.9. The lowest BCUT2D eigenvalue weighted by atomic mass is 10.1. The van der Waals surface area contributed by atoms with Crippen LogP contribution in [0, 0.1) is 0 Å². The van der Waals surface area contributed by atoms with Gasteiger partial charge in [-0.25, -0.2) is 0 Å². The van der Waals surface area contributed by atoms with Gasteiger partial charge in [0.05, 0.1) is 10.6 Å². The van der Waals surface area contributed by atoms with E-state index in [1.54, 1.807) is 18.2 Å². The van der Waals surface area contributed by atoms with Gasteiger partial charge in [0.15, 0.2) is 11.5 Å². The summed E-state index contributed by atoms with van der Waals surface area (Å²) in [5.74, 6) is -0.671. The first-order chi connectivity index (χ1) is 9.97. The molecule has 2 rings (SSSR count). The van der Waals surface area contributed by atoms with E-state index in [0.29, 0.717) is 28.6 Å². The summed E-state index contributed by atoms with van der Waals surface area (Å²) in [5.41, 5.74) is 1.11. The molecule has 1 amide bonds. The normalized spacial score (nSPS) is 10.4. The van der Waals surface area contributed by atoms with Crippen LogP contribution in [0.5, 0.6) is 11.5 Å². The lowest BCUT2D eigenvalue weighted by molar-refractivity contribution is 0.0954. The molecule has 0 spiro atoms. The predicted octanol–water partition coefficient (Wildman–Crippen LogP) is 3.38. The molecule has 0 aliphatic rings. The quantitative estimate of drug-likeness (QED) is 0.755. The van der Waals surface area contributed by atoms with E-state index in [1.165, 1.54) is 18.2 Å². The minimum absolute atomic E-state index is 0.173. The highest BCUT2D eigenvalue weighted by molar-refractivity contribution is 6.35. The van der Waals surface area contributed by atoms with Crippen LogP contribution in [0.4, 0.5) is 0 Å². The average Bonchev–Trinajstić information content (AvgIpc) is 2.45. The van der Waals surface area contributed by atoms with E-state index in [-0.39, 0.29) is 17.4 Å². The fourth-order valence-corrected chi connectivity index (χ4v) is 2.19. The highest BCUT2D eigenvalue weighted by Gasteiger charge is 2.10. The van der Waals surface area contributed by atoms with Gasteiger partial charge < -0.3 is 15.5 Å². The van der Waals surface area contributed by atoms with Crippen molar-refractivity contribution in [3.05, 3.63) is 57.6 Å². The van der Waals surface area contributed by atoms with Crippen molar-refractivity contribution in [2.75, 3.05) is 6.54 Å². The van der Waals surface area contributed by atoms with Crippen molar-refractivity contribution >= 4 is 29.1 Å². The molecule has 0 fully saturated rings. The molecule has 0 aromatic heterocycles. The third kappa shape index (κ3) is 4.03. The van der Waals surface area contributed by atoms with Gasteiger partial charge in [-0.05, 0) is 42.3 Å². The van der Waals surface area contributed by atoms with Crippen LogP contribution in [0.3, 0.4) is 0 Å². The number of nitrogens with one attached hydrogen (secondary N) is 1. The summed E-state index contributed by atoms with van der Waals surface area (Å²) in [6, 6.07) is 9.21. The highest BCUT2D eigenvalue weighted by atomic mass is 35.5. The van der Waals surface area contributed by atoms with Crippen molar-refractivity contribution in [1.29, 1.82) is 0 Å². The number of hydrogen-bond acceptors (Lipinski definition) is 3. The summed E-state index contributed by atoms with van der Waals surface area (Å²) in [6.45, 7) is 0.367. The van der Waals surface area contributed by atoms with Crippen LogP contribution in [0.25, 0.3) is 0 Å². The maximum Gasteiger partial charge on any atom is 0.252 e. The summed E-state index contributed by atoms with van der Waals surface area (Å²) >= 11 is 11.8. The average molecular weight is 326 g/mol. The second-order valence-corrected chi connectivity index (χ2v) is 5.30. The number of benzene rings is 2. The Bertz CT molecular complexity index is 674. The molecule has 0 radical (unpaired) electrons. The smallest absolute Gasteiger partial charge is 0.252 e. The Kier molecular flexibility index (Phi) is 4.94. The highest BCUT2D eigenvalue weighted by Crippen LogP contribution is 2.25. The van der Waals surface area contributed by atoms with Crippen LogP contribution >= 0.6 is 23.2 Å². The third-order valence-electron chi connectivity index (χ3n) is 2.91. The Morgan fingerprint density at radius 1 is 1.05 bits per heavy atom. The van der Waals surface area contributed by atoms with Gasteiger partial charge in [-0.3, -0.25) is 4.79 Å². The number of hydrogen-bond donors (Lipinski definition) is 3. The van der Waals surface area contributed by atoms with Gasteiger partial charge in [0.1, 0.15) is 0 Å². The molecule has 2 aromatic rings. The minimum Gasteiger partial charge on any atom is -0.504 e. The van der Waals surface area contributed by atoms with E-state index in [2.05, 4.69) is 5.32 Å². The molecule has 0 aliphatic heterocycles. The summed E-state index contributed by atoms with van der Waals surface area (Å²) in [4.78, 5) is 12.0. The molecule has 21 heavy (non-hydrogen) atoms. The lowest BCUT2D eigenvalue weighted by Crippen LogP contribution is -2.25. The van der Waals surface area contributed by atoms with E-state index in [9.17, 15) is 15.0 Å². The van der Waals surface area contributed by atoms with Gasteiger partial charge in [0, 0.05) is 11.6 Å². The fraction of sp³-hybridized carbons (Fsp3) is 0.133. The summed E-state index contributed by atoms with van der Waals surface area (Å²) in [6.07, 6.45) is 0.512. The van der Waals surface area contributed by atoms with Gasteiger partial charge in [-0.1, -0.05) is 29.3 Å². The number of halogens is 2. The van der Waals surface area contributed by atoms with Crippen molar-refractivity contribution < 1.29 is 15.0 Å². The Morgan fingerprint density at radius 2 is 1.81 bits per heavy atom. The second-order valence-electron chi connectivity index (χ2n) is 4.45. The van der Waals surface area contributed by atoms with Crippen molar-refractivity contribution in [2.45, 2.75) is 6.42 Å². The Labute approximate surface area is 131 Å². The molecule has 0 unspecified atom stereocenters. The number of phenols is 2. The number of carbonyl (C=O) groups is 1. The number of phenolic OH excluding ortho intramolecular Hbond substituents is 2. The van der Waals surface area contributed by atoms with Crippen LogP contribution in [0.1, 0.15) is 15.9 Å². The largest absolute Gasteiger partial charge is 0.504 e. The number of rotatable bonds is 4. The van der Waals surface area contributed by atoms with Gasteiger partial charge in [0.25, 0.3) is 5.91 Å². The van der Waals surface area contributed by atoms with Crippen LogP contribution in [-0.2, 0) is 6.42 Å². The zero-order chi connectivity index (χ0) is 15.4. The monoisotopic (exact) mass is 325 g/mol. The Balaban J connectivity index is 1.95. The Morgan fingerprint density at radius 3 is 2.52 bits per heavy atom. The molecule has 0 atom stereocenters. The SMILES string of the molecule is O=C(NCCc1ccc(O)c(O)c1)c1cc(Cl)ccc1Cl. The summed E-state index contributed by atoms with van der Waals surface area (Å²) < 4.78 is 0. The predicted molar refractivity (Wildman–Crippen MR) is 82.3 cm³/mol. The molecule has 110 valence electrons. The summed E-state index contributed by atoms with van der Waals surface area (Å²) in [7, 11) is 0. The van der Waals surface area contributed by atoms with Crippen molar-refractivity contribution in [3.63, 3.8) is 0 Å². The minimum atomic E-state index is -0.314. The van der Waals surface area contributed by atoms with Crippen molar-refractivity contribution in [1.82, 2.24) is 5.32 Å². The first-order valence-corrected chi connectivity index (χ1v) is 6.97. The van der Waals surface area contributed by atoms with E-state index >= 15 is 0 Å². The van der Waals surface area contributed by atoms with Gasteiger partial charge in [0.2, 0.25) is 0 Å². The lowest BCUT2D eigenvalue weighted by Gasteiger charge is -2.08. The maximum absolute atomic E-state index is 12.0. The number of aromatic hydroxyl groups is 2. The number of carbonyl (C=O) groups excluding carboxylic acids is 1. The second kappa shape index (κ2) is 6.70. The van der Waals surface area contributed by atoms with Crippen LogP contribution in [0.15, 0.2) is 36.4 Å². The maximum atomic E-state index is 12.0. The van der Waals surface area contributed by atoms with Crippen molar-refractivity contribution in [2.24, 2.45) is 0 Å². The van der Waals surface area contributed by atoms with Crippen molar-refractivity contribution in [3.8, 4) is 11.5 Å².